The number of hydrogen-bond acceptors (Lipinski definition) is 4. The number of phenolic OH excluding ortho intramolecular Hbond substituents is 1. The fourth-order valence-corrected chi connectivity index (χ4v) is 3.32. The number of phenols is 2. The van der Waals surface area contributed by atoms with E-state index in [0.29, 0.717) is 30.4 Å². The van der Waals surface area contributed by atoms with Crippen molar-refractivity contribution in [3.63, 3.8) is 0 Å². The molecule has 2 aromatic carbocycles. The number of aromatic hydroxyl groups is 2. The summed E-state index contributed by atoms with van der Waals surface area (Å²) in [6.45, 7) is 7.72. The Kier molecular flexibility index (Phi) is 9.99. The maximum Gasteiger partial charge on any atom is 1.00 e. The fraction of sp³-hybridized carbons (Fsp3) is 0.320. The summed E-state index contributed by atoms with van der Waals surface area (Å²) in [5.41, 5.74) is 4.11. The van der Waals surface area contributed by atoms with Crippen LogP contribution in [0.2, 0.25) is 0 Å². The van der Waals surface area contributed by atoms with E-state index in [1.807, 2.05) is 70.2 Å². The van der Waals surface area contributed by atoms with E-state index in [-0.39, 0.29) is 42.2 Å². The maximum absolute atomic E-state index is 12.0. The first-order valence-electron chi connectivity index (χ1n) is 9.82. The van der Waals surface area contributed by atoms with E-state index in [9.17, 15) is 20.1 Å². The van der Waals surface area contributed by atoms with Crippen molar-refractivity contribution in [2.45, 2.75) is 53.4 Å². The van der Waals surface area contributed by atoms with Crippen LogP contribution in [0.3, 0.4) is 0 Å². The fourth-order valence-electron chi connectivity index (χ4n) is 3.32. The topological polar surface area (TPSA) is 80.6 Å². The van der Waals surface area contributed by atoms with Gasteiger partial charge in [-0.15, -0.1) is 0 Å². The molecule has 2 rings (SSSR count). The van der Waals surface area contributed by atoms with Crippen LogP contribution in [0.5, 0.6) is 11.5 Å². The van der Waals surface area contributed by atoms with Gasteiger partial charge in [-0.3, -0.25) is 0 Å². The van der Waals surface area contributed by atoms with Gasteiger partial charge in [-0.1, -0.05) is 53.6 Å². The number of aryl methyl sites for hydroxylation is 1. The van der Waals surface area contributed by atoms with Gasteiger partial charge in [0.05, 0.1) is 5.97 Å². The van der Waals surface area contributed by atoms with E-state index in [2.05, 4.69) is 0 Å². The Hall–Kier alpha value is -2.41. The van der Waals surface area contributed by atoms with E-state index in [4.69, 9.17) is 0 Å². The molecule has 0 unspecified atom stereocenters. The minimum atomic E-state index is -1.43. The van der Waals surface area contributed by atoms with Crippen LogP contribution >= 0.6 is 0 Å². The minimum Gasteiger partial charge on any atom is -0.545 e. The van der Waals surface area contributed by atoms with Gasteiger partial charge in [0.1, 0.15) is 11.5 Å². The molecule has 2 N–H and O–H groups in total. The number of rotatable bonds is 8. The van der Waals surface area contributed by atoms with Crippen LogP contribution in [0.25, 0.3) is 0 Å². The Morgan fingerprint density at radius 3 is 1.87 bits per heavy atom. The molecule has 0 saturated carbocycles. The first kappa shape index (κ1) is 25.6. The second kappa shape index (κ2) is 11.7. The third-order valence-corrected chi connectivity index (χ3v) is 4.90. The number of benzene rings is 2. The number of carbonyl (C=O) groups is 1. The largest absolute Gasteiger partial charge is 1.00 e. The number of allylic oxidation sites excluding steroid dienone is 4. The van der Waals surface area contributed by atoms with Crippen molar-refractivity contribution >= 4 is 5.97 Å². The molecule has 0 aromatic heterocycles. The molecule has 0 fully saturated rings. The van der Waals surface area contributed by atoms with Crippen LogP contribution in [-0.4, -0.2) is 16.2 Å². The molecule has 5 heteroatoms. The molecule has 0 spiro atoms. The van der Waals surface area contributed by atoms with Crippen LogP contribution in [-0.2, 0) is 25.7 Å². The van der Waals surface area contributed by atoms with Crippen molar-refractivity contribution in [2.24, 2.45) is 0 Å². The molecule has 30 heavy (non-hydrogen) atoms. The number of carboxylic acids is 1. The number of aromatic carboxylic acids is 1. The molecule has 0 aliphatic rings. The zero-order valence-corrected chi connectivity index (χ0v) is 18.6. The van der Waals surface area contributed by atoms with Crippen LogP contribution < -0.4 is 24.0 Å². The van der Waals surface area contributed by atoms with Gasteiger partial charge in [0.15, 0.2) is 0 Å². The summed E-state index contributed by atoms with van der Waals surface area (Å²) in [7, 11) is 0. The van der Waals surface area contributed by atoms with Crippen molar-refractivity contribution in [3.8, 4) is 11.5 Å². The van der Waals surface area contributed by atoms with Gasteiger partial charge < -0.3 is 20.1 Å². The summed E-state index contributed by atoms with van der Waals surface area (Å²) in [5.74, 6) is -1.86. The normalized spacial score (nSPS) is 10.1. The average Bonchev–Trinajstić information content (AvgIpc) is 2.65. The summed E-state index contributed by atoms with van der Waals surface area (Å²) in [5, 5.41) is 33.6. The van der Waals surface area contributed by atoms with Crippen LogP contribution in [0.4, 0.5) is 0 Å². The first-order valence-corrected chi connectivity index (χ1v) is 9.82. The Bertz CT molecular complexity index is 936. The molecule has 0 atom stereocenters. The molecule has 0 amide bonds. The quantitative estimate of drug-likeness (QED) is 0.517. The second-order valence-corrected chi connectivity index (χ2v) is 7.75. The Balaban J connectivity index is 0.00000450. The Labute approximate surface area is 191 Å². The Morgan fingerprint density at radius 2 is 1.37 bits per heavy atom. The van der Waals surface area contributed by atoms with E-state index < -0.39 is 11.7 Å². The molecule has 4 nitrogen and oxygen atoms in total. The van der Waals surface area contributed by atoms with Crippen molar-refractivity contribution in [3.05, 3.63) is 81.4 Å². The summed E-state index contributed by atoms with van der Waals surface area (Å²) < 4.78 is 0. The molecule has 0 aliphatic carbocycles. The average molecular weight is 400 g/mol. The minimum absolute atomic E-state index is 0. The maximum atomic E-state index is 12.0. The third kappa shape index (κ3) is 6.55. The van der Waals surface area contributed by atoms with Crippen LogP contribution in [0.1, 0.15) is 60.3 Å². The summed E-state index contributed by atoms with van der Waals surface area (Å²) in [6, 6.07) is 9.72. The molecule has 0 saturated heterocycles. The third-order valence-electron chi connectivity index (χ3n) is 4.90. The number of carboxylic acid groups (broad SMARTS) is 1. The van der Waals surface area contributed by atoms with E-state index >= 15 is 0 Å². The van der Waals surface area contributed by atoms with Crippen molar-refractivity contribution in [1.82, 2.24) is 0 Å². The summed E-state index contributed by atoms with van der Waals surface area (Å²) in [4.78, 5) is 12.0. The summed E-state index contributed by atoms with van der Waals surface area (Å²) in [6.07, 6.45) is 5.41. The van der Waals surface area contributed by atoms with E-state index in [1.54, 1.807) is 0 Å². The second-order valence-electron chi connectivity index (χ2n) is 7.75. The van der Waals surface area contributed by atoms with Gasteiger partial charge in [-0.05, 0) is 64.5 Å². The molecule has 0 aliphatic heterocycles. The van der Waals surface area contributed by atoms with Crippen molar-refractivity contribution in [1.29, 1.82) is 0 Å². The molecule has 0 heterocycles. The smallest absolute Gasteiger partial charge is 0.545 e. The van der Waals surface area contributed by atoms with E-state index in [1.165, 1.54) is 0 Å². The zero-order chi connectivity index (χ0) is 21.6. The monoisotopic (exact) mass is 400 g/mol. The summed E-state index contributed by atoms with van der Waals surface area (Å²) >= 11 is 0. The molecule has 0 radical (unpaired) electrons. The van der Waals surface area contributed by atoms with Gasteiger partial charge in [-0.25, -0.2) is 0 Å². The number of hydrogen-bond donors (Lipinski definition) is 2. The molecule has 0 bridgehead atoms. The number of carbonyl (C=O) groups excluding carboxylic acids is 1. The van der Waals surface area contributed by atoms with Crippen molar-refractivity contribution in [2.75, 3.05) is 0 Å². The molecule has 2 aromatic rings. The molecule has 154 valence electrons. The van der Waals surface area contributed by atoms with Crippen molar-refractivity contribution < 1.29 is 39.0 Å². The molecular weight excluding hydrogens is 371 g/mol. The van der Waals surface area contributed by atoms with Gasteiger partial charge in [0.2, 0.25) is 0 Å². The standard InChI is InChI=1S/C25H30O4.Li/c1-16(2)10-13-20-19(15-12-18-8-6-5-7-9-18)22(25(28)29)24(27)21(23(20)26)14-11-17(3)4;/h5-11,26-27H,12-15H2,1-4H3,(H,28,29);/q;+1/p-1. The van der Waals surface area contributed by atoms with Crippen LogP contribution in [0.15, 0.2) is 53.6 Å². The SMILES string of the molecule is CC(C)=CCc1c(O)c(CC=C(C)C)c(CCc2ccccc2)c(C(=O)[O-])c1O.[Li+]. The zero-order valence-electron chi connectivity index (χ0n) is 18.6. The predicted octanol–water partition coefficient (Wildman–Crippen LogP) is 1.27. The first-order chi connectivity index (χ1) is 13.7. The van der Waals surface area contributed by atoms with E-state index in [0.717, 1.165) is 16.7 Å². The van der Waals surface area contributed by atoms with Gasteiger partial charge in [0.25, 0.3) is 0 Å². The van der Waals surface area contributed by atoms with Gasteiger partial charge in [0, 0.05) is 16.7 Å². The van der Waals surface area contributed by atoms with Crippen LogP contribution in [0, 0.1) is 0 Å². The van der Waals surface area contributed by atoms with Gasteiger partial charge >= 0.3 is 18.9 Å². The van der Waals surface area contributed by atoms with Gasteiger partial charge in [-0.2, -0.15) is 0 Å². The molecular formula is C25H29LiO4. The Morgan fingerprint density at radius 1 is 0.833 bits per heavy atom. The predicted molar refractivity (Wildman–Crippen MR) is 114 cm³/mol.